The summed E-state index contributed by atoms with van der Waals surface area (Å²) in [7, 11) is 0. The van der Waals surface area contributed by atoms with E-state index in [2.05, 4.69) is 5.32 Å². The Labute approximate surface area is 109 Å². The molecule has 1 saturated carbocycles. The number of carbonyl (C=O) groups is 1. The second-order valence-electron chi connectivity index (χ2n) is 4.86. The average Bonchev–Trinajstić information content (AvgIpc) is 2.87. The Morgan fingerprint density at radius 1 is 1.42 bits per heavy atom. The van der Waals surface area contributed by atoms with E-state index >= 15 is 0 Å². The predicted molar refractivity (Wildman–Crippen MR) is 65.7 cm³/mol. The van der Waals surface area contributed by atoms with E-state index in [0.717, 1.165) is 25.3 Å². The molecule has 0 aliphatic heterocycles. The van der Waals surface area contributed by atoms with Gasteiger partial charge in [0.2, 0.25) is 0 Å². The molecule has 1 amide bonds. The summed E-state index contributed by atoms with van der Waals surface area (Å²) in [4.78, 5) is 21.5. The molecule has 1 heterocycles. The summed E-state index contributed by atoms with van der Waals surface area (Å²) in [6.07, 6.45) is 4.30. The Morgan fingerprint density at radius 2 is 2.11 bits per heavy atom. The van der Waals surface area contributed by atoms with Gasteiger partial charge < -0.3 is 14.8 Å². The summed E-state index contributed by atoms with van der Waals surface area (Å²) in [6.45, 7) is 0.139. The molecule has 2 N–H and O–H groups in total. The maximum atomic E-state index is 11.7. The summed E-state index contributed by atoms with van der Waals surface area (Å²) in [6, 6.07) is 2.38. The molecule has 0 bridgehead atoms. The highest BCUT2D eigenvalue weighted by Crippen LogP contribution is 2.27. The van der Waals surface area contributed by atoms with Gasteiger partial charge in [0.05, 0.1) is 11.7 Å². The first kappa shape index (κ1) is 13.5. The minimum atomic E-state index is -0.869. The lowest BCUT2D eigenvalue weighted by molar-refractivity contribution is -0.402. The smallest absolute Gasteiger partial charge is 0.395 e. The van der Waals surface area contributed by atoms with Crippen LogP contribution in [0.25, 0.3) is 0 Å². The zero-order chi connectivity index (χ0) is 13.9. The van der Waals surface area contributed by atoms with Gasteiger partial charge in [-0.15, -0.1) is 0 Å². The Kier molecular flexibility index (Phi) is 3.84. The van der Waals surface area contributed by atoms with Crippen LogP contribution >= 0.6 is 0 Å². The SMILES string of the molecule is O=C(NCC1(O)CCCCC1)c1ccc([N+](=O)[O-])o1. The van der Waals surface area contributed by atoms with Gasteiger partial charge in [-0.05, 0) is 18.9 Å². The molecule has 1 aliphatic carbocycles. The second kappa shape index (κ2) is 5.40. The van der Waals surface area contributed by atoms with Crippen LogP contribution in [0.15, 0.2) is 16.5 Å². The van der Waals surface area contributed by atoms with Crippen LogP contribution in [0.2, 0.25) is 0 Å². The molecule has 1 aromatic heterocycles. The predicted octanol–water partition coefficient (Wildman–Crippen LogP) is 1.61. The molecule has 0 saturated heterocycles. The fourth-order valence-corrected chi connectivity index (χ4v) is 2.27. The number of carbonyl (C=O) groups excluding carboxylic acids is 1. The number of rotatable bonds is 4. The molecule has 7 heteroatoms. The Bertz CT molecular complexity index is 476. The highest BCUT2D eigenvalue weighted by atomic mass is 16.6. The van der Waals surface area contributed by atoms with Crippen molar-refractivity contribution in [1.29, 1.82) is 0 Å². The Balaban J connectivity index is 1.91. The van der Waals surface area contributed by atoms with Gasteiger partial charge in [0.15, 0.2) is 5.76 Å². The molecular formula is C12H16N2O5. The lowest BCUT2D eigenvalue weighted by Crippen LogP contribution is -2.44. The molecule has 19 heavy (non-hydrogen) atoms. The van der Waals surface area contributed by atoms with Crippen molar-refractivity contribution in [3.8, 4) is 0 Å². The minimum Gasteiger partial charge on any atom is -0.395 e. The monoisotopic (exact) mass is 268 g/mol. The van der Waals surface area contributed by atoms with Crippen LogP contribution in [0.3, 0.4) is 0 Å². The van der Waals surface area contributed by atoms with Gasteiger partial charge in [-0.2, -0.15) is 0 Å². The van der Waals surface area contributed by atoms with Crippen LogP contribution in [0.1, 0.15) is 42.7 Å². The van der Waals surface area contributed by atoms with E-state index in [0.29, 0.717) is 12.8 Å². The van der Waals surface area contributed by atoms with Crippen molar-refractivity contribution < 1.29 is 19.2 Å². The molecular weight excluding hydrogens is 252 g/mol. The Hall–Kier alpha value is -1.89. The van der Waals surface area contributed by atoms with E-state index in [1.165, 1.54) is 6.07 Å². The lowest BCUT2D eigenvalue weighted by Gasteiger charge is -2.31. The summed E-state index contributed by atoms with van der Waals surface area (Å²) < 4.78 is 4.79. The van der Waals surface area contributed by atoms with E-state index in [1.807, 2.05) is 0 Å². The first-order chi connectivity index (χ1) is 9.00. The highest BCUT2D eigenvalue weighted by molar-refractivity contribution is 5.91. The summed E-state index contributed by atoms with van der Waals surface area (Å²) in [5.41, 5.74) is -0.869. The van der Waals surface area contributed by atoms with Crippen LogP contribution in [-0.4, -0.2) is 28.1 Å². The number of hydrogen-bond donors (Lipinski definition) is 2. The highest BCUT2D eigenvalue weighted by Gasteiger charge is 2.30. The molecule has 1 aromatic rings. The van der Waals surface area contributed by atoms with Gasteiger partial charge in [0.25, 0.3) is 5.91 Å². The molecule has 0 unspecified atom stereocenters. The van der Waals surface area contributed by atoms with Crippen molar-refractivity contribution in [2.75, 3.05) is 6.54 Å². The number of amides is 1. The third-order valence-corrected chi connectivity index (χ3v) is 3.36. The van der Waals surface area contributed by atoms with Crippen LogP contribution in [-0.2, 0) is 0 Å². The fraction of sp³-hybridized carbons (Fsp3) is 0.583. The molecule has 0 spiro atoms. The first-order valence-corrected chi connectivity index (χ1v) is 6.25. The zero-order valence-corrected chi connectivity index (χ0v) is 10.4. The molecule has 1 fully saturated rings. The number of aliphatic hydroxyl groups is 1. The molecule has 104 valence electrons. The standard InChI is InChI=1S/C12H16N2O5/c15-11(9-4-5-10(19-9)14(17)18)13-8-12(16)6-2-1-3-7-12/h4-5,16H,1-3,6-8H2,(H,13,15). The van der Waals surface area contributed by atoms with Crippen molar-refractivity contribution in [1.82, 2.24) is 5.32 Å². The summed E-state index contributed by atoms with van der Waals surface area (Å²) in [5, 5.41) is 23.2. The number of hydrogen-bond acceptors (Lipinski definition) is 5. The normalized spacial score (nSPS) is 17.9. The van der Waals surface area contributed by atoms with Crippen LogP contribution in [0.5, 0.6) is 0 Å². The molecule has 0 radical (unpaired) electrons. The Morgan fingerprint density at radius 3 is 2.68 bits per heavy atom. The van der Waals surface area contributed by atoms with Gasteiger partial charge in [-0.25, -0.2) is 0 Å². The third-order valence-electron chi connectivity index (χ3n) is 3.36. The van der Waals surface area contributed by atoms with Gasteiger partial charge >= 0.3 is 5.88 Å². The van der Waals surface area contributed by atoms with Gasteiger partial charge in [-0.1, -0.05) is 19.3 Å². The summed E-state index contributed by atoms with van der Waals surface area (Å²) >= 11 is 0. The van der Waals surface area contributed by atoms with Crippen LogP contribution in [0.4, 0.5) is 5.88 Å². The minimum absolute atomic E-state index is 0.119. The van der Waals surface area contributed by atoms with E-state index in [9.17, 15) is 20.0 Å². The topological polar surface area (TPSA) is 106 Å². The van der Waals surface area contributed by atoms with Crippen LogP contribution < -0.4 is 5.32 Å². The van der Waals surface area contributed by atoms with Crippen molar-refractivity contribution >= 4 is 11.8 Å². The molecule has 0 atom stereocenters. The van der Waals surface area contributed by atoms with Crippen molar-refractivity contribution in [3.05, 3.63) is 28.0 Å². The average molecular weight is 268 g/mol. The number of furan rings is 1. The largest absolute Gasteiger partial charge is 0.433 e. The van der Waals surface area contributed by atoms with Gasteiger partial charge in [-0.3, -0.25) is 14.9 Å². The number of nitrogens with zero attached hydrogens (tertiary/aromatic N) is 1. The third kappa shape index (κ3) is 3.31. The lowest BCUT2D eigenvalue weighted by atomic mass is 9.85. The molecule has 0 aromatic carbocycles. The van der Waals surface area contributed by atoms with Gasteiger partial charge in [0, 0.05) is 6.54 Å². The van der Waals surface area contributed by atoms with Crippen molar-refractivity contribution in [2.24, 2.45) is 0 Å². The fourth-order valence-electron chi connectivity index (χ4n) is 2.27. The quantitative estimate of drug-likeness (QED) is 0.637. The van der Waals surface area contributed by atoms with Crippen LogP contribution in [0, 0.1) is 10.1 Å². The van der Waals surface area contributed by atoms with Crippen molar-refractivity contribution in [2.45, 2.75) is 37.7 Å². The van der Waals surface area contributed by atoms with E-state index in [-0.39, 0.29) is 12.3 Å². The van der Waals surface area contributed by atoms with E-state index < -0.39 is 22.3 Å². The molecule has 2 rings (SSSR count). The second-order valence-corrected chi connectivity index (χ2v) is 4.86. The van der Waals surface area contributed by atoms with Crippen molar-refractivity contribution in [3.63, 3.8) is 0 Å². The van der Waals surface area contributed by atoms with E-state index in [1.54, 1.807) is 0 Å². The maximum Gasteiger partial charge on any atom is 0.433 e. The van der Waals surface area contributed by atoms with E-state index in [4.69, 9.17) is 4.42 Å². The molecule has 1 aliphatic rings. The number of nitro groups is 1. The maximum absolute atomic E-state index is 11.7. The van der Waals surface area contributed by atoms with Gasteiger partial charge in [0.1, 0.15) is 4.92 Å². The zero-order valence-electron chi connectivity index (χ0n) is 10.4. The first-order valence-electron chi connectivity index (χ1n) is 6.25. The molecule has 7 nitrogen and oxygen atoms in total. The number of nitrogens with one attached hydrogen (secondary N) is 1. The summed E-state index contributed by atoms with van der Waals surface area (Å²) in [5.74, 6) is -1.14.